The normalized spacial score (nSPS) is 11.8. The number of aryl methyl sites for hydroxylation is 4. The molecule has 0 bridgehead atoms. The second-order valence-electron chi connectivity index (χ2n) is 21.4. The van der Waals surface area contributed by atoms with E-state index < -0.39 is 0 Å². The molecule has 12 aromatic rings. The maximum absolute atomic E-state index is 6.73. The van der Waals surface area contributed by atoms with Crippen LogP contribution in [0.15, 0.2) is 162 Å². The van der Waals surface area contributed by atoms with Gasteiger partial charge in [-0.15, -0.1) is 30.3 Å². The van der Waals surface area contributed by atoms with E-state index in [-0.39, 0.29) is 37.4 Å². The standard InChI is InChI=1S/C43H35N2O.C24H26N5.Ir/c1-27(2)36-24-32(30-16-9-6-10-17-30)25-37(28(3)4)41(36)45-39-21-12-11-20-38(39)44-43(45)35-19-13-18-34-33-23-22-31(26-40(33)46-42(34)35)29-14-7-5-8-15-29;1-14-9-8-10-15(2)20(14)29-21(18-12-11-16(3)26-17(18)4)27-19-13-25-23(24(5,6)7)28-22(19)29;/h5-18,20-28H,1-4H3;8-11,13H,1-7H3;/q2*-1;. The number of rotatable bonds is 8. The minimum absolute atomic E-state index is 0. The van der Waals surface area contributed by atoms with Crippen LogP contribution >= 0.6 is 0 Å². The number of hydrogen-bond donors (Lipinski definition) is 0. The molecule has 0 saturated carbocycles. The van der Waals surface area contributed by atoms with E-state index in [1.165, 1.54) is 44.6 Å². The number of imidazole rings is 2. The molecular formula is C67H61IrN7O-2. The van der Waals surface area contributed by atoms with Gasteiger partial charge in [0.1, 0.15) is 16.9 Å². The van der Waals surface area contributed by atoms with Crippen molar-refractivity contribution in [1.29, 1.82) is 0 Å². The van der Waals surface area contributed by atoms with Crippen LogP contribution in [-0.2, 0) is 25.5 Å². The molecule has 1 radical (unpaired) electrons. The molecule has 0 aliphatic rings. The van der Waals surface area contributed by atoms with Gasteiger partial charge in [0, 0.05) is 42.3 Å². The summed E-state index contributed by atoms with van der Waals surface area (Å²) in [5.74, 6) is 3.00. The third-order valence-electron chi connectivity index (χ3n) is 14.2. The molecule has 0 fully saturated rings. The van der Waals surface area contributed by atoms with E-state index in [1.54, 1.807) is 0 Å². The minimum Gasteiger partial charge on any atom is -0.501 e. The minimum atomic E-state index is -0.155. The first-order chi connectivity index (χ1) is 36.1. The molecule has 0 unspecified atom stereocenters. The topological polar surface area (TPSA) is 87.5 Å². The molecule has 8 nitrogen and oxygen atoms in total. The van der Waals surface area contributed by atoms with E-state index in [0.717, 1.165) is 95.4 Å². The van der Waals surface area contributed by atoms with Crippen LogP contribution in [0.4, 0.5) is 0 Å². The Bertz CT molecular complexity index is 4050. The van der Waals surface area contributed by atoms with Crippen LogP contribution < -0.4 is 0 Å². The first-order valence-electron chi connectivity index (χ1n) is 26.0. The van der Waals surface area contributed by atoms with Crippen molar-refractivity contribution in [2.24, 2.45) is 0 Å². The van der Waals surface area contributed by atoms with E-state index >= 15 is 0 Å². The summed E-state index contributed by atoms with van der Waals surface area (Å²) in [7, 11) is 0. The van der Waals surface area contributed by atoms with Crippen LogP contribution in [0.1, 0.15) is 99.8 Å². The number of pyridine rings is 1. The van der Waals surface area contributed by atoms with Crippen molar-refractivity contribution in [3.63, 3.8) is 0 Å². The maximum Gasteiger partial charge on any atom is 0.159 e. The van der Waals surface area contributed by atoms with Crippen LogP contribution in [0.5, 0.6) is 0 Å². The summed E-state index contributed by atoms with van der Waals surface area (Å²) in [5.41, 5.74) is 20.7. The average molecular weight is 1170 g/mol. The first kappa shape index (κ1) is 51.6. The van der Waals surface area contributed by atoms with Gasteiger partial charge in [-0.3, -0.25) is 9.97 Å². The SMILES string of the molecule is CC(C)c1cc(-c2ccccc2)cc(C(C)C)c1-n1c(-c2[c-]ccc3c2oc2cc(-c4ccccc4)ccc23)nc2ccccc21.Cc1c[c-]c(-c2nc3cnc(C(C)(C)C)nc3n2-c2c(C)cccc2C)c(C)n1.[Ir]. The van der Waals surface area contributed by atoms with Gasteiger partial charge in [-0.2, -0.15) is 0 Å². The van der Waals surface area contributed by atoms with Crippen molar-refractivity contribution >= 4 is 44.1 Å². The molecule has 0 atom stereocenters. The zero-order valence-electron chi connectivity index (χ0n) is 45.0. The summed E-state index contributed by atoms with van der Waals surface area (Å²) in [6.07, 6.45) is 1.83. The molecule has 5 heterocycles. The van der Waals surface area contributed by atoms with Crippen LogP contribution in [0.25, 0.3) is 101 Å². The molecule has 0 spiro atoms. The number of fused-ring (bicyclic) bond motifs is 5. The van der Waals surface area contributed by atoms with Gasteiger partial charge in [0.05, 0.1) is 34.5 Å². The van der Waals surface area contributed by atoms with Gasteiger partial charge in [0.15, 0.2) is 5.65 Å². The van der Waals surface area contributed by atoms with Crippen molar-refractivity contribution < 1.29 is 24.5 Å². The molecular weight excluding hydrogens is 1110 g/mol. The summed E-state index contributed by atoms with van der Waals surface area (Å²) >= 11 is 0. The third kappa shape index (κ3) is 9.48. The molecule has 0 aliphatic heterocycles. The fourth-order valence-electron chi connectivity index (χ4n) is 10.4. The fourth-order valence-corrected chi connectivity index (χ4v) is 10.4. The van der Waals surface area contributed by atoms with Crippen LogP contribution in [-0.4, -0.2) is 34.1 Å². The summed E-state index contributed by atoms with van der Waals surface area (Å²) in [6.45, 7) is 23.7. The number of nitrogens with zero attached hydrogens (tertiary/aromatic N) is 7. The van der Waals surface area contributed by atoms with Gasteiger partial charge in [-0.1, -0.05) is 182 Å². The van der Waals surface area contributed by atoms with Gasteiger partial charge < -0.3 is 18.5 Å². The first-order valence-corrected chi connectivity index (χ1v) is 26.0. The molecule has 12 rings (SSSR count). The molecule has 0 N–H and O–H groups in total. The summed E-state index contributed by atoms with van der Waals surface area (Å²) in [4.78, 5) is 24.4. The van der Waals surface area contributed by atoms with Crippen molar-refractivity contribution in [1.82, 2.24) is 34.1 Å². The van der Waals surface area contributed by atoms with Gasteiger partial charge in [0.2, 0.25) is 0 Å². The Balaban J connectivity index is 0.000000189. The molecule has 5 aromatic heterocycles. The van der Waals surface area contributed by atoms with E-state index in [9.17, 15) is 0 Å². The van der Waals surface area contributed by atoms with Gasteiger partial charge in [-0.05, 0) is 112 Å². The Hall–Kier alpha value is -7.84. The molecule has 9 heteroatoms. The average Bonchev–Trinajstić information content (AvgIpc) is 4.13. The fraction of sp³-hybridized carbons (Fsp3) is 0.209. The Morgan fingerprint density at radius 3 is 1.80 bits per heavy atom. The number of hydrogen-bond acceptors (Lipinski definition) is 6. The number of para-hydroxylation sites is 3. The van der Waals surface area contributed by atoms with Crippen molar-refractivity contribution in [2.75, 3.05) is 0 Å². The zero-order valence-corrected chi connectivity index (χ0v) is 47.4. The quantitative estimate of drug-likeness (QED) is 0.141. The van der Waals surface area contributed by atoms with E-state index in [2.05, 4.69) is 227 Å². The number of furan rings is 1. The molecule has 7 aromatic carbocycles. The van der Waals surface area contributed by atoms with Gasteiger partial charge in [-0.25, -0.2) is 9.97 Å². The molecule has 381 valence electrons. The summed E-state index contributed by atoms with van der Waals surface area (Å²) < 4.78 is 11.2. The van der Waals surface area contributed by atoms with Crippen LogP contribution in [0, 0.1) is 39.8 Å². The molecule has 0 amide bonds. The van der Waals surface area contributed by atoms with Crippen LogP contribution in [0.3, 0.4) is 0 Å². The Labute approximate surface area is 459 Å². The molecule has 76 heavy (non-hydrogen) atoms. The third-order valence-corrected chi connectivity index (χ3v) is 14.2. The monoisotopic (exact) mass is 1170 g/mol. The summed E-state index contributed by atoms with van der Waals surface area (Å²) in [6, 6.07) is 60.1. The van der Waals surface area contributed by atoms with Gasteiger partial charge in [0.25, 0.3) is 0 Å². The van der Waals surface area contributed by atoms with Crippen molar-refractivity contribution in [3.05, 3.63) is 209 Å². The zero-order chi connectivity index (χ0) is 52.3. The van der Waals surface area contributed by atoms with Crippen molar-refractivity contribution in [3.8, 4) is 56.4 Å². The Morgan fingerprint density at radius 2 is 1.16 bits per heavy atom. The van der Waals surface area contributed by atoms with E-state index in [0.29, 0.717) is 0 Å². The summed E-state index contributed by atoms with van der Waals surface area (Å²) in [5, 5.41) is 2.15. The molecule has 0 aliphatic carbocycles. The van der Waals surface area contributed by atoms with E-state index in [4.69, 9.17) is 19.4 Å². The Morgan fingerprint density at radius 1 is 0.539 bits per heavy atom. The predicted molar refractivity (Wildman–Crippen MR) is 308 cm³/mol. The largest absolute Gasteiger partial charge is 0.501 e. The maximum atomic E-state index is 6.73. The Kier molecular flexibility index (Phi) is 14.1. The predicted octanol–water partition coefficient (Wildman–Crippen LogP) is 17.2. The molecule has 0 saturated heterocycles. The second-order valence-corrected chi connectivity index (χ2v) is 21.4. The smallest absolute Gasteiger partial charge is 0.159 e. The van der Waals surface area contributed by atoms with Crippen LogP contribution in [0.2, 0.25) is 0 Å². The van der Waals surface area contributed by atoms with Gasteiger partial charge >= 0.3 is 0 Å². The van der Waals surface area contributed by atoms with E-state index in [1.807, 2.05) is 38.2 Å². The second kappa shape index (κ2) is 20.7. The van der Waals surface area contributed by atoms with Crippen molar-refractivity contribution in [2.45, 2.75) is 93.4 Å². The number of aromatic nitrogens is 7. The number of benzene rings is 7.